The molecule has 0 aliphatic carbocycles. The van der Waals surface area contributed by atoms with Gasteiger partial charge < -0.3 is 15.2 Å². The van der Waals surface area contributed by atoms with Crippen LogP contribution in [0, 0.1) is 5.92 Å². The molecule has 5 heteroatoms. The second-order valence-electron chi connectivity index (χ2n) is 5.22. The van der Waals surface area contributed by atoms with Crippen LogP contribution in [-0.4, -0.2) is 39.6 Å². The molecular weight excluding hydrogens is 226 g/mol. The van der Waals surface area contributed by atoms with Crippen LogP contribution in [0.1, 0.15) is 12.8 Å². The molecule has 96 valence electrons. The SMILES string of the molecule is CN1CCCC(Cn2c(N)nc3cnccc32)C1. The number of rotatable bonds is 2. The smallest absolute Gasteiger partial charge is 0.201 e. The minimum atomic E-state index is 0.603. The summed E-state index contributed by atoms with van der Waals surface area (Å²) < 4.78 is 2.13. The fourth-order valence-electron chi connectivity index (χ4n) is 2.87. The third-order valence-corrected chi connectivity index (χ3v) is 3.74. The lowest BCUT2D eigenvalue weighted by Gasteiger charge is -2.30. The molecule has 2 N–H and O–H groups in total. The van der Waals surface area contributed by atoms with Gasteiger partial charge in [-0.05, 0) is 38.4 Å². The summed E-state index contributed by atoms with van der Waals surface area (Å²) in [6, 6.07) is 1.99. The van der Waals surface area contributed by atoms with Gasteiger partial charge in [0.2, 0.25) is 5.95 Å². The fraction of sp³-hybridized carbons (Fsp3) is 0.538. The van der Waals surface area contributed by atoms with Crippen molar-refractivity contribution in [2.75, 3.05) is 25.9 Å². The average Bonchev–Trinajstić information content (AvgIpc) is 2.66. The van der Waals surface area contributed by atoms with Crippen LogP contribution in [0.2, 0.25) is 0 Å². The van der Waals surface area contributed by atoms with E-state index in [1.54, 1.807) is 12.4 Å². The van der Waals surface area contributed by atoms with Crippen molar-refractivity contribution in [3.05, 3.63) is 18.5 Å². The molecule has 0 amide bonds. The molecule has 0 bridgehead atoms. The lowest BCUT2D eigenvalue weighted by molar-refractivity contribution is 0.196. The molecule has 0 aromatic carbocycles. The third kappa shape index (κ3) is 2.06. The molecule has 0 spiro atoms. The van der Waals surface area contributed by atoms with E-state index in [2.05, 4.69) is 26.5 Å². The topological polar surface area (TPSA) is 60.0 Å². The van der Waals surface area contributed by atoms with Crippen molar-refractivity contribution >= 4 is 17.0 Å². The number of piperidine rings is 1. The predicted molar refractivity (Wildman–Crippen MR) is 72.2 cm³/mol. The van der Waals surface area contributed by atoms with Crippen LogP contribution in [-0.2, 0) is 6.54 Å². The molecule has 1 atom stereocenters. The van der Waals surface area contributed by atoms with Crippen LogP contribution in [0.3, 0.4) is 0 Å². The molecule has 2 aromatic heterocycles. The maximum atomic E-state index is 6.02. The number of nitrogen functional groups attached to an aromatic ring is 1. The van der Waals surface area contributed by atoms with Crippen molar-refractivity contribution in [1.82, 2.24) is 19.4 Å². The van der Waals surface area contributed by atoms with Crippen LogP contribution in [0.15, 0.2) is 18.5 Å². The van der Waals surface area contributed by atoms with Gasteiger partial charge in [0.15, 0.2) is 0 Å². The van der Waals surface area contributed by atoms with E-state index in [-0.39, 0.29) is 0 Å². The molecule has 3 heterocycles. The van der Waals surface area contributed by atoms with Crippen LogP contribution in [0.5, 0.6) is 0 Å². The van der Waals surface area contributed by atoms with Gasteiger partial charge in [-0.15, -0.1) is 0 Å². The van der Waals surface area contributed by atoms with Gasteiger partial charge in [0.1, 0.15) is 5.52 Å². The number of pyridine rings is 1. The Hall–Kier alpha value is -1.62. The minimum absolute atomic E-state index is 0.603. The summed E-state index contributed by atoms with van der Waals surface area (Å²) >= 11 is 0. The summed E-state index contributed by atoms with van der Waals surface area (Å²) in [5.41, 5.74) is 8.00. The fourth-order valence-corrected chi connectivity index (χ4v) is 2.87. The molecule has 0 radical (unpaired) electrons. The van der Waals surface area contributed by atoms with Gasteiger partial charge in [-0.25, -0.2) is 4.98 Å². The lowest BCUT2D eigenvalue weighted by Crippen LogP contribution is -2.34. The number of imidazole rings is 1. The number of likely N-dealkylation sites (tertiary alicyclic amines) is 1. The molecule has 3 rings (SSSR count). The highest BCUT2D eigenvalue weighted by Crippen LogP contribution is 2.22. The Morgan fingerprint density at radius 1 is 1.50 bits per heavy atom. The van der Waals surface area contributed by atoms with Crippen molar-refractivity contribution in [3.63, 3.8) is 0 Å². The molecule has 1 saturated heterocycles. The number of aromatic nitrogens is 3. The van der Waals surface area contributed by atoms with Gasteiger partial charge in [0.25, 0.3) is 0 Å². The highest BCUT2D eigenvalue weighted by Gasteiger charge is 2.19. The van der Waals surface area contributed by atoms with Gasteiger partial charge in [-0.1, -0.05) is 0 Å². The van der Waals surface area contributed by atoms with Gasteiger partial charge in [-0.3, -0.25) is 4.98 Å². The van der Waals surface area contributed by atoms with E-state index in [9.17, 15) is 0 Å². The average molecular weight is 245 g/mol. The third-order valence-electron chi connectivity index (χ3n) is 3.74. The first-order chi connectivity index (χ1) is 8.74. The summed E-state index contributed by atoms with van der Waals surface area (Å²) in [5.74, 6) is 1.27. The Bertz CT molecular complexity index is 547. The van der Waals surface area contributed by atoms with Gasteiger partial charge >= 0.3 is 0 Å². The summed E-state index contributed by atoms with van der Waals surface area (Å²) in [6.45, 7) is 3.31. The van der Waals surface area contributed by atoms with Gasteiger partial charge in [0, 0.05) is 19.3 Å². The number of anilines is 1. The minimum Gasteiger partial charge on any atom is -0.369 e. The summed E-state index contributed by atoms with van der Waals surface area (Å²) in [4.78, 5) is 10.8. The summed E-state index contributed by atoms with van der Waals surface area (Å²) in [6.07, 6.45) is 6.12. The highest BCUT2D eigenvalue weighted by atomic mass is 15.2. The normalized spacial score (nSPS) is 21.5. The zero-order chi connectivity index (χ0) is 12.5. The standard InChI is InChI=1S/C13H19N5/c1-17-6-2-3-10(8-17)9-18-12-4-5-15-7-11(12)16-13(18)14/h4-5,7,10H,2-3,6,8-9H2,1H3,(H2,14,16). The molecule has 1 aliphatic heterocycles. The Morgan fingerprint density at radius 2 is 2.39 bits per heavy atom. The maximum absolute atomic E-state index is 6.02. The second-order valence-corrected chi connectivity index (χ2v) is 5.22. The molecular formula is C13H19N5. The molecule has 2 aromatic rings. The van der Waals surface area contributed by atoms with Gasteiger partial charge in [0.05, 0.1) is 11.7 Å². The Balaban J connectivity index is 1.87. The van der Waals surface area contributed by atoms with Crippen molar-refractivity contribution in [2.45, 2.75) is 19.4 Å². The Kier molecular flexibility index (Phi) is 2.91. The molecule has 1 fully saturated rings. The van der Waals surface area contributed by atoms with Gasteiger partial charge in [-0.2, -0.15) is 0 Å². The van der Waals surface area contributed by atoms with E-state index in [0.29, 0.717) is 11.9 Å². The molecule has 18 heavy (non-hydrogen) atoms. The van der Waals surface area contributed by atoms with Crippen molar-refractivity contribution in [3.8, 4) is 0 Å². The zero-order valence-electron chi connectivity index (χ0n) is 10.7. The number of fused-ring (bicyclic) bond motifs is 1. The molecule has 0 saturated carbocycles. The van der Waals surface area contributed by atoms with E-state index in [0.717, 1.165) is 24.1 Å². The van der Waals surface area contributed by atoms with Crippen LogP contribution >= 0.6 is 0 Å². The van der Waals surface area contributed by atoms with E-state index in [1.807, 2.05) is 6.07 Å². The van der Waals surface area contributed by atoms with Crippen molar-refractivity contribution in [1.29, 1.82) is 0 Å². The van der Waals surface area contributed by atoms with E-state index >= 15 is 0 Å². The molecule has 5 nitrogen and oxygen atoms in total. The largest absolute Gasteiger partial charge is 0.369 e. The van der Waals surface area contributed by atoms with Crippen LogP contribution < -0.4 is 5.73 Å². The lowest BCUT2D eigenvalue weighted by atomic mass is 9.98. The van der Waals surface area contributed by atoms with Crippen molar-refractivity contribution < 1.29 is 0 Å². The highest BCUT2D eigenvalue weighted by molar-refractivity contribution is 5.76. The zero-order valence-corrected chi connectivity index (χ0v) is 10.7. The monoisotopic (exact) mass is 245 g/mol. The van der Waals surface area contributed by atoms with Crippen LogP contribution in [0.4, 0.5) is 5.95 Å². The Labute approximate surface area is 107 Å². The number of nitrogens with two attached hydrogens (primary N) is 1. The van der Waals surface area contributed by atoms with Crippen molar-refractivity contribution in [2.24, 2.45) is 5.92 Å². The Morgan fingerprint density at radius 3 is 3.22 bits per heavy atom. The second kappa shape index (κ2) is 4.57. The molecule has 1 aliphatic rings. The molecule has 1 unspecified atom stereocenters. The number of hydrogen-bond acceptors (Lipinski definition) is 4. The maximum Gasteiger partial charge on any atom is 0.201 e. The first kappa shape index (κ1) is 11.5. The quantitative estimate of drug-likeness (QED) is 0.867. The number of hydrogen-bond donors (Lipinski definition) is 1. The van der Waals surface area contributed by atoms with E-state index < -0.39 is 0 Å². The van der Waals surface area contributed by atoms with Crippen LogP contribution in [0.25, 0.3) is 11.0 Å². The van der Waals surface area contributed by atoms with E-state index in [1.165, 1.54) is 19.4 Å². The van der Waals surface area contributed by atoms with E-state index in [4.69, 9.17) is 5.73 Å². The number of nitrogens with zero attached hydrogens (tertiary/aromatic N) is 4. The summed E-state index contributed by atoms with van der Waals surface area (Å²) in [7, 11) is 2.19. The first-order valence-electron chi connectivity index (χ1n) is 6.48. The predicted octanol–water partition coefficient (Wildman–Crippen LogP) is 1.36. The first-order valence-corrected chi connectivity index (χ1v) is 6.48. The summed E-state index contributed by atoms with van der Waals surface area (Å²) in [5, 5.41) is 0.